The maximum Gasteiger partial charge on any atom is 0.277 e. The number of thiazole rings is 1. The van der Waals surface area contributed by atoms with Crippen LogP contribution in [0.2, 0.25) is 0 Å². The number of aryl methyl sites for hydroxylation is 1. The van der Waals surface area contributed by atoms with Crippen LogP contribution in [0.5, 0.6) is 0 Å². The van der Waals surface area contributed by atoms with Gasteiger partial charge in [0, 0.05) is 40.0 Å². The van der Waals surface area contributed by atoms with Crippen molar-refractivity contribution in [2.24, 2.45) is 0 Å². The monoisotopic (exact) mass is 514 g/mol. The molecule has 1 aliphatic rings. The molecule has 180 valence electrons. The Morgan fingerprint density at radius 1 is 1.06 bits per heavy atom. The van der Waals surface area contributed by atoms with E-state index < -0.39 is 6.04 Å². The molecule has 8 nitrogen and oxygen atoms in total. The van der Waals surface area contributed by atoms with E-state index >= 15 is 0 Å². The molecule has 4 aromatic heterocycles. The fraction of sp³-hybridized carbons (Fsp3) is 0.192. The second-order valence-electron chi connectivity index (χ2n) is 8.50. The molecule has 5 aromatic rings. The lowest BCUT2D eigenvalue weighted by Gasteiger charge is -2.15. The SMILES string of the molecule is O=C(NCc1cc2cnccc2s1)[C@@H]1CCc2ncc(NCc3ncc(-c4ccccc4)s3)c(=O)n21. The van der Waals surface area contributed by atoms with Crippen LogP contribution in [0, 0.1) is 0 Å². The summed E-state index contributed by atoms with van der Waals surface area (Å²) in [5.41, 5.74) is 1.25. The number of nitrogens with zero attached hydrogens (tertiary/aromatic N) is 4. The van der Waals surface area contributed by atoms with E-state index in [0.717, 1.165) is 30.4 Å². The summed E-state index contributed by atoms with van der Waals surface area (Å²) in [5.74, 6) is 0.469. The van der Waals surface area contributed by atoms with Crippen LogP contribution in [0.25, 0.3) is 20.5 Å². The summed E-state index contributed by atoms with van der Waals surface area (Å²) < 4.78 is 2.66. The molecule has 0 radical (unpaired) electrons. The van der Waals surface area contributed by atoms with Gasteiger partial charge in [-0.3, -0.25) is 19.1 Å². The topological polar surface area (TPSA) is 102 Å². The lowest BCUT2D eigenvalue weighted by Crippen LogP contribution is -2.36. The smallest absolute Gasteiger partial charge is 0.277 e. The van der Waals surface area contributed by atoms with Crippen molar-refractivity contribution in [1.82, 2.24) is 24.8 Å². The quantitative estimate of drug-likeness (QED) is 0.334. The lowest BCUT2D eigenvalue weighted by atomic mass is 10.2. The third-order valence-electron chi connectivity index (χ3n) is 6.17. The molecular formula is C26H22N6O2S2. The van der Waals surface area contributed by atoms with Gasteiger partial charge in [0.25, 0.3) is 5.56 Å². The van der Waals surface area contributed by atoms with Gasteiger partial charge in [-0.05, 0) is 24.1 Å². The Morgan fingerprint density at radius 3 is 2.81 bits per heavy atom. The minimum absolute atomic E-state index is 0.169. The van der Waals surface area contributed by atoms with Gasteiger partial charge in [0.15, 0.2) is 0 Å². The molecule has 5 heterocycles. The first-order valence-corrected chi connectivity index (χ1v) is 13.2. The van der Waals surface area contributed by atoms with Crippen LogP contribution in [-0.4, -0.2) is 25.4 Å². The Morgan fingerprint density at radius 2 is 1.94 bits per heavy atom. The first kappa shape index (κ1) is 22.6. The molecule has 1 aromatic carbocycles. The van der Waals surface area contributed by atoms with Gasteiger partial charge < -0.3 is 10.6 Å². The number of rotatable bonds is 7. The van der Waals surface area contributed by atoms with Crippen molar-refractivity contribution in [2.45, 2.75) is 32.0 Å². The maximum absolute atomic E-state index is 13.3. The van der Waals surface area contributed by atoms with E-state index in [-0.39, 0.29) is 11.5 Å². The molecule has 1 amide bonds. The molecule has 2 N–H and O–H groups in total. The number of pyridine rings is 1. The molecule has 1 atom stereocenters. The van der Waals surface area contributed by atoms with Crippen LogP contribution >= 0.6 is 22.7 Å². The van der Waals surface area contributed by atoms with E-state index in [4.69, 9.17) is 0 Å². The molecule has 0 saturated carbocycles. The highest BCUT2D eigenvalue weighted by Crippen LogP contribution is 2.28. The Bertz CT molecular complexity index is 1570. The number of hydrogen-bond donors (Lipinski definition) is 2. The van der Waals surface area contributed by atoms with Gasteiger partial charge in [0.1, 0.15) is 22.6 Å². The fourth-order valence-electron chi connectivity index (χ4n) is 4.39. The van der Waals surface area contributed by atoms with Gasteiger partial charge in [0.05, 0.1) is 24.2 Å². The number of carbonyl (C=O) groups is 1. The second-order valence-corrected chi connectivity index (χ2v) is 10.8. The molecule has 1 aliphatic heterocycles. The first-order valence-electron chi connectivity index (χ1n) is 11.6. The highest BCUT2D eigenvalue weighted by Gasteiger charge is 2.31. The van der Waals surface area contributed by atoms with Gasteiger partial charge in [-0.1, -0.05) is 30.3 Å². The average Bonchev–Trinajstić information content (AvgIpc) is 3.65. The lowest BCUT2D eigenvalue weighted by molar-refractivity contribution is -0.124. The van der Waals surface area contributed by atoms with E-state index in [1.165, 1.54) is 4.57 Å². The van der Waals surface area contributed by atoms with Crippen LogP contribution in [0.15, 0.2) is 72.0 Å². The zero-order valence-corrected chi connectivity index (χ0v) is 20.8. The van der Waals surface area contributed by atoms with Gasteiger partial charge >= 0.3 is 0 Å². The second kappa shape index (κ2) is 9.63. The number of anilines is 1. The number of amides is 1. The van der Waals surface area contributed by atoms with Crippen LogP contribution < -0.4 is 16.2 Å². The van der Waals surface area contributed by atoms with E-state index in [1.54, 1.807) is 35.1 Å². The van der Waals surface area contributed by atoms with Crippen molar-refractivity contribution in [2.75, 3.05) is 5.32 Å². The Balaban J connectivity index is 1.14. The molecule has 6 rings (SSSR count). The number of hydrogen-bond acceptors (Lipinski definition) is 8. The molecule has 0 aliphatic carbocycles. The van der Waals surface area contributed by atoms with E-state index in [9.17, 15) is 9.59 Å². The average molecular weight is 515 g/mol. The number of carbonyl (C=O) groups excluding carboxylic acids is 1. The van der Waals surface area contributed by atoms with Crippen molar-refractivity contribution < 1.29 is 4.79 Å². The normalized spacial score (nSPS) is 14.6. The van der Waals surface area contributed by atoms with E-state index in [0.29, 0.717) is 37.4 Å². The minimum Gasteiger partial charge on any atom is -0.373 e. The van der Waals surface area contributed by atoms with Gasteiger partial charge in [-0.25, -0.2) is 9.97 Å². The molecule has 0 saturated heterocycles. The zero-order valence-electron chi connectivity index (χ0n) is 19.2. The van der Waals surface area contributed by atoms with Crippen molar-refractivity contribution >= 4 is 44.4 Å². The third-order valence-corrected chi connectivity index (χ3v) is 8.33. The predicted octanol–water partition coefficient (Wildman–Crippen LogP) is 4.39. The summed E-state index contributed by atoms with van der Waals surface area (Å²) in [6, 6.07) is 13.5. The van der Waals surface area contributed by atoms with Crippen LogP contribution in [0.3, 0.4) is 0 Å². The van der Waals surface area contributed by atoms with Gasteiger partial charge in [-0.15, -0.1) is 22.7 Å². The maximum atomic E-state index is 13.3. The minimum atomic E-state index is -0.567. The van der Waals surface area contributed by atoms with Crippen LogP contribution in [0.1, 0.15) is 28.2 Å². The molecule has 10 heteroatoms. The number of fused-ring (bicyclic) bond motifs is 2. The van der Waals surface area contributed by atoms with Crippen molar-refractivity contribution in [3.05, 3.63) is 93.3 Å². The highest BCUT2D eigenvalue weighted by atomic mass is 32.1. The summed E-state index contributed by atoms with van der Waals surface area (Å²) in [4.78, 5) is 41.5. The molecule has 0 fully saturated rings. The van der Waals surface area contributed by atoms with Crippen LogP contribution in [-0.2, 0) is 24.3 Å². The summed E-state index contributed by atoms with van der Waals surface area (Å²) in [5, 5.41) is 8.10. The molecule has 0 bridgehead atoms. The number of nitrogens with one attached hydrogen (secondary N) is 2. The van der Waals surface area contributed by atoms with Gasteiger partial charge in [0.2, 0.25) is 5.91 Å². The molecule has 0 unspecified atom stereocenters. The molecule has 0 spiro atoms. The zero-order chi connectivity index (χ0) is 24.5. The van der Waals surface area contributed by atoms with Crippen LogP contribution in [0.4, 0.5) is 5.69 Å². The Kier molecular flexibility index (Phi) is 6.04. The Labute approximate surface area is 214 Å². The standard InChI is InChI=1S/C26H22N6O2S2/c33-25(31-12-18-10-17-11-27-9-8-21(17)35-18)20-6-7-23-29-13-19(26(34)32(20)23)28-15-24-30-14-22(36-24)16-4-2-1-3-5-16/h1-5,8-11,13-14,20,28H,6-7,12,15H2,(H,31,33)/t20-/m0/s1. The van der Waals surface area contributed by atoms with E-state index in [1.807, 2.05) is 54.9 Å². The highest BCUT2D eigenvalue weighted by molar-refractivity contribution is 7.19. The Hall–Kier alpha value is -3.89. The number of aromatic nitrogens is 4. The summed E-state index contributed by atoms with van der Waals surface area (Å²) >= 11 is 3.21. The summed E-state index contributed by atoms with van der Waals surface area (Å²) in [6.45, 7) is 0.823. The van der Waals surface area contributed by atoms with E-state index in [2.05, 4.69) is 25.6 Å². The third kappa shape index (κ3) is 4.40. The first-order chi connectivity index (χ1) is 17.7. The van der Waals surface area contributed by atoms with Crippen molar-refractivity contribution in [3.8, 4) is 10.4 Å². The summed E-state index contributed by atoms with van der Waals surface area (Å²) in [6.07, 6.45) is 8.14. The molecular weight excluding hydrogens is 492 g/mol. The van der Waals surface area contributed by atoms with Crippen molar-refractivity contribution in [3.63, 3.8) is 0 Å². The molecule has 36 heavy (non-hydrogen) atoms. The fourth-order valence-corrected chi connectivity index (χ4v) is 6.23. The largest absolute Gasteiger partial charge is 0.373 e. The van der Waals surface area contributed by atoms with Gasteiger partial charge in [-0.2, -0.15) is 0 Å². The predicted molar refractivity (Wildman–Crippen MR) is 142 cm³/mol. The number of benzene rings is 1. The summed E-state index contributed by atoms with van der Waals surface area (Å²) in [7, 11) is 0. The number of thiophene rings is 1. The van der Waals surface area contributed by atoms with Crippen molar-refractivity contribution in [1.29, 1.82) is 0 Å².